The zero-order valence-corrected chi connectivity index (χ0v) is 41.0. The number of carbonyl (C=O) groups is 3. The second-order valence-corrected chi connectivity index (χ2v) is 20.5. The second-order valence-electron chi connectivity index (χ2n) is 20.5. The van der Waals surface area contributed by atoms with Crippen LogP contribution in [-0.2, 0) is 43.2 Å². The first-order valence-electron chi connectivity index (χ1n) is 25.2. The molecule has 17 heteroatoms. The van der Waals surface area contributed by atoms with E-state index in [4.69, 9.17) is 0 Å². The number of piperazine rings is 1. The number of nitrogens with one attached hydrogen (secondary N) is 2. The van der Waals surface area contributed by atoms with Gasteiger partial charge in [-0.1, -0.05) is 12.1 Å². The topological polar surface area (TPSA) is 155 Å². The van der Waals surface area contributed by atoms with Gasteiger partial charge in [0, 0.05) is 144 Å². The van der Waals surface area contributed by atoms with Crippen molar-refractivity contribution in [2.45, 2.75) is 77.5 Å². The largest absolute Gasteiger partial charge is 0.384 e. The Kier molecular flexibility index (Phi) is 12.4. The molecule has 2 aromatic carbocycles. The SMILES string of the molecule is Cc1cc(C(=O)N2CCC(CN3CCN(Cc4ccc5c(c4)n(C)c(=O)n5C4CCC(=O)NC4=O)C[C@@H]3C)CC2)cc(F)c1C1=CCN(Cc2cc3c(-n4ccc5c(c4=O)CCN5)ccnc3n2C)CC1. The third kappa shape index (κ3) is 8.71. The van der Waals surface area contributed by atoms with Gasteiger partial charge in [-0.3, -0.25) is 52.9 Å². The number of aryl methyl sites for hydroxylation is 3. The van der Waals surface area contributed by atoms with Gasteiger partial charge in [0.1, 0.15) is 17.5 Å². The van der Waals surface area contributed by atoms with Crippen LogP contribution in [0.25, 0.3) is 33.3 Å². The van der Waals surface area contributed by atoms with Crippen LogP contribution < -0.4 is 21.9 Å². The Balaban J connectivity index is 0.669. The summed E-state index contributed by atoms with van der Waals surface area (Å²) >= 11 is 0. The number of benzene rings is 2. The Hall–Kier alpha value is -6.69. The van der Waals surface area contributed by atoms with E-state index in [-0.39, 0.29) is 35.3 Å². The van der Waals surface area contributed by atoms with Crippen molar-refractivity contribution in [2.75, 3.05) is 64.2 Å². The number of pyridine rings is 2. The van der Waals surface area contributed by atoms with Gasteiger partial charge in [0.05, 0.1) is 16.7 Å². The molecule has 5 aliphatic heterocycles. The average molecular weight is 964 g/mol. The molecule has 3 fully saturated rings. The first-order chi connectivity index (χ1) is 34.3. The van der Waals surface area contributed by atoms with Crippen LogP contribution in [0.5, 0.6) is 0 Å². The molecule has 0 bridgehead atoms. The summed E-state index contributed by atoms with van der Waals surface area (Å²) in [5.41, 5.74) is 9.47. The van der Waals surface area contributed by atoms with Gasteiger partial charge in [0.15, 0.2) is 0 Å². The number of aromatic nitrogens is 5. The Morgan fingerprint density at radius 2 is 1.69 bits per heavy atom. The smallest absolute Gasteiger partial charge is 0.329 e. The van der Waals surface area contributed by atoms with E-state index >= 15 is 4.39 Å². The first-order valence-corrected chi connectivity index (χ1v) is 25.2. The number of nitrogens with zero attached hydrogens (tertiary/aromatic N) is 9. The third-order valence-corrected chi connectivity index (χ3v) is 16.0. The van der Waals surface area contributed by atoms with Crippen LogP contribution in [0.3, 0.4) is 0 Å². The van der Waals surface area contributed by atoms with Gasteiger partial charge >= 0.3 is 5.69 Å². The van der Waals surface area contributed by atoms with Crippen molar-refractivity contribution in [3.63, 3.8) is 0 Å². The highest BCUT2D eigenvalue weighted by Gasteiger charge is 2.33. The lowest BCUT2D eigenvalue weighted by Crippen LogP contribution is -2.53. The Morgan fingerprint density at radius 1 is 0.859 bits per heavy atom. The van der Waals surface area contributed by atoms with E-state index in [2.05, 4.69) is 54.0 Å². The normalized spacial score (nSPS) is 20.7. The molecule has 3 amide bonds. The summed E-state index contributed by atoms with van der Waals surface area (Å²) in [4.78, 5) is 78.9. The van der Waals surface area contributed by atoms with Crippen LogP contribution in [0.4, 0.5) is 10.1 Å². The number of amides is 3. The van der Waals surface area contributed by atoms with Gasteiger partial charge < -0.3 is 14.8 Å². The quantitative estimate of drug-likeness (QED) is 0.177. The van der Waals surface area contributed by atoms with E-state index in [1.807, 2.05) is 61.5 Å². The van der Waals surface area contributed by atoms with Crippen LogP contribution in [0.1, 0.15) is 83.4 Å². The molecule has 1 unspecified atom stereocenters. The van der Waals surface area contributed by atoms with Crippen molar-refractivity contribution in [3.05, 3.63) is 127 Å². The maximum absolute atomic E-state index is 16.1. The average Bonchev–Trinajstić information content (AvgIpc) is 4.04. The summed E-state index contributed by atoms with van der Waals surface area (Å²) in [6.45, 7) is 12.8. The molecule has 2 atom stereocenters. The van der Waals surface area contributed by atoms with Crippen LogP contribution in [0, 0.1) is 18.7 Å². The molecule has 0 aliphatic carbocycles. The maximum atomic E-state index is 16.1. The van der Waals surface area contributed by atoms with Crippen LogP contribution in [-0.4, -0.2) is 126 Å². The molecule has 0 saturated carbocycles. The molecule has 11 rings (SSSR count). The van der Waals surface area contributed by atoms with Crippen molar-refractivity contribution >= 4 is 51.0 Å². The summed E-state index contributed by atoms with van der Waals surface area (Å²) in [6, 6.07) is 14.9. The molecule has 71 heavy (non-hydrogen) atoms. The lowest BCUT2D eigenvalue weighted by atomic mass is 9.92. The number of hydrogen-bond donors (Lipinski definition) is 2. The summed E-state index contributed by atoms with van der Waals surface area (Å²) in [5, 5.41) is 6.59. The van der Waals surface area contributed by atoms with Crippen LogP contribution >= 0.6 is 0 Å². The van der Waals surface area contributed by atoms with E-state index in [1.165, 1.54) is 10.6 Å². The molecule has 0 spiro atoms. The van der Waals surface area contributed by atoms with Gasteiger partial charge in [0.2, 0.25) is 11.8 Å². The number of fused-ring (bicyclic) bond motifs is 3. The van der Waals surface area contributed by atoms with E-state index in [1.54, 1.807) is 22.4 Å². The predicted octanol–water partition coefficient (Wildman–Crippen LogP) is 5.12. The summed E-state index contributed by atoms with van der Waals surface area (Å²) < 4.78 is 23.0. The van der Waals surface area contributed by atoms with Crippen molar-refractivity contribution in [3.8, 4) is 5.69 Å². The molecule has 6 aromatic rings. The number of rotatable bonds is 10. The fraction of sp³-hybridized carbons (Fsp3) is 0.444. The van der Waals surface area contributed by atoms with E-state index in [9.17, 15) is 24.0 Å². The number of hydrogen-bond acceptors (Lipinski definition) is 10. The van der Waals surface area contributed by atoms with Crippen molar-refractivity contribution in [1.29, 1.82) is 0 Å². The Labute approximate surface area is 411 Å². The van der Waals surface area contributed by atoms with Gasteiger partial charge in [-0.05, 0) is 111 Å². The molecule has 370 valence electrons. The number of imide groups is 1. The zero-order valence-electron chi connectivity index (χ0n) is 41.0. The highest BCUT2D eigenvalue weighted by atomic mass is 19.1. The van der Waals surface area contributed by atoms with E-state index in [0.29, 0.717) is 74.0 Å². The number of carbonyl (C=O) groups excluding carboxylic acids is 3. The van der Waals surface area contributed by atoms with Crippen molar-refractivity contribution in [2.24, 2.45) is 20.0 Å². The molecule has 0 radical (unpaired) electrons. The van der Waals surface area contributed by atoms with Crippen molar-refractivity contribution in [1.82, 2.24) is 48.2 Å². The first kappa shape index (κ1) is 46.7. The highest BCUT2D eigenvalue weighted by Crippen LogP contribution is 2.33. The monoisotopic (exact) mass is 963 g/mol. The molecule has 4 aromatic heterocycles. The molecule has 9 heterocycles. The number of likely N-dealkylation sites (tertiary alicyclic amines) is 1. The van der Waals surface area contributed by atoms with Gasteiger partial charge in [-0.2, -0.15) is 0 Å². The van der Waals surface area contributed by atoms with Crippen molar-refractivity contribution < 1.29 is 18.8 Å². The standard InChI is InChI=1S/C54H62FN11O5/c1-33-25-38(27-42(55)49(33)37-13-18-61(19-14-37)32-39-28-41-44(10-17-57-50(41)59(39)3)65-22-15-43-40(53(65)70)9-16-56-43)52(69)63-20-11-35(12-21-63)31-64-24-23-62(29-34(64)2)30-36-5-6-45-47(26-36)60(4)54(71)66(45)46-7-8-48(67)58-51(46)68/h5-6,10,13,15,17,22,25-28,34-35,46,56H,7-9,11-12,14,16,18-21,23-24,29-32H2,1-4H3,(H,58,67,68)/t34-,46?/m0/s1. The highest BCUT2D eigenvalue weighted by molar-refractivity contribution is 6.00. The third-order valence-electron chi connectivity index (χ3n) is 16.0. The summed E-state index contributed by atoms with van der Waals surface area (Å²) in [5.74, 6) is -0.735. The number of anilines is 1. The Bertz CT molecular complexity index is 3260. The minimum atomic E-state index is -0.706. The van der Waals surface area contributed by atoms with E-state index < -0.39 is 11.9 Å². The number of halogens is 1. The summed E-state index contributed by atoms with van der Waals surface area (Å²) in [6.07, 6.45) is 9.43. The minimum Gasteiger partial charge on any atom is -0.384 e. The van der Waals surface area contributed by atoms with Gasteiger partial charge in [0.25, 0.3) is 11.5 Å². The maximum Gasteiger partial charge on any atom is 0.329 e. The molecular formula is C54H62FN11O5. The van der Waals surface area contributed by atoms with Gasteiger partial charge in [-0.25, -0.2) is 14.2 Å². The number of piperidine rings is 2. The minimum absolute atomic E-state index is 0.00121. The molecular weight excluding hydrogens is 902 g/mol. The number of imidazole rings is 1. The predicted molar refractivity (Wildman–Crippen MR) is 271 cm³/mol. The fourth-order valence-electron chi connectivity index (χ4n) is 12.0. The van der Waals surface area contributed by atoms with E-state index in [0.717, 1.165) is 115 Å². The molecule has 3 saturated heterocycles. The molecule has 5 aliphatic rings. The zero-order chi connectivity index (χ0) is 49.2. The lowest BCUT2D eigenvalue weighted by molar-refractivity contribution is -0.135. The molecule has 2 N–H and O–H groups in total. The fourth-order valence-corrected chi connectivity index (χ4v) is 12.0. The van der Waals surface area contributed by atoms with Gasteiger partial charge in [-0.15, -0.1) is 0 Å². The summed E-state index contributed by atoms with van der Waals surface area (Å²) in [7, 11) is 3.74. The lowest BCUT2D eigenvalue weighted by Gasteiger charge is -2.42. The van der Waals surface area contributed by atoms with Crippen LogP contribution in [0.2, 0.25) is 0 Å². The van der Waals surface area contributed by atoms with Crippen LogP contribution in [0.15, 0.2) is 76.6 Å². The Morgan fingerprint density at radius 3 is 2.45 bits per heavy atom. The second kappa shape index (κ2) is 18.8. The molecule has 16 nitrogen and oxygen atoms in total.